The Hall–Kier alpha value is -2.95. The summed E-state index contributed by atoms with van der Waals surface area (Å²) < 4.78 is 1.77. The zero-order valence-electron chi connectivity index (χ0n) is 12.9. The fourth-order valence-corrected chi connectivity index (χ4v) is 2.41. The van der Waals surface area contributed by atoms with E-state index in [1.165, 1.54) is 0 Å². The van der Waals surface area contributed by atoms with Gasteiger partial charge in [-0.25, -0.2) is 4.68 Å². The molecular formula is C18H18N4O. The Morgan fingerprint density at radius 1 is 1.13 bits per heavy atom. The lowest BCUT2D eigenvalue weighted by atomic mass is 10.2. The van der Waals surface area contributed by atoms with Crippen molar-refractivity contribution in [1.82, 2.24) is 20.1 Å². The Morgan fingerprint density at radius 2 is 1.91 bits per heavy atom. The van der Waals surface area contributed by atoms with Crippen LogP contribution in [0.1, 0.15) is 21.7 Å². The summed E-state index contributed by atoms with van der Waals surface area (Å²) in [5, 5.41) is 7.24. The number of hydrogen-bond acceptors (Lipinski definition) is 3. The van der Waals surface area contributed by atoms with Gasteiger partial charge in [-0.15, -0.1) is 0 Å². The molecule has 1 amide bonds. The monoisotopic (exact) mass is 306 g/mol. The van der Waals surface area contributed by atoms with Gasteiger partial charge in [-0.1, -0.05) is 24.3 Å². The number of carbonyl (C=O) groups is 1. The maximum atomic E-state index is 12.3. The number of hydrogen-bond donors (Lipinski definition) is 1. The summed E-state index contributed by atoms with van der Waals surface area (Å²) >= 11 is 0. The molecule has 3 aromatic rings. The Morgan fingerprint density at radius 3 is 2.65 bits per heavy atom. The normalized spacial score (nSPS) is 10.5. The second-order valence-electron chi connectivity index (χ2n) is 5.22. The van der Waals surface area contributed by atoms with Crippen molar-refractivity contribution in [3.63, 3.8) is 0 Å². The number of rotatable bonds is 5. The summed E-state index contributed by atoms with van der Waals surface area (Å²) in [4.78, 5) is 16.6. The molecule has 0 aliphatic rings. The van der Waals surface area contributed by atoms with Crippen LogP contribution in [0.25, 0.3) is 5.69 Å². The van der Waals surface area contributed by atoms with Gasteiger partial charge in [0.05, 0.1) is 23.1 Å². The SMILES string of the molecule is Cc1c(C(=O)NCCc2ccccn2)cnn1-c1ccccc1. The van der Waals surface area contributed by atoms with Gasteiger partial charge in [-0.05, 0) is 31.2 Å². The van der Waals surface area contributed by atoms with Crippen LogP contribution in [0.15, 0.2) is 60.9 Å². The quantitative estimate of drug-likeness (QED) is 0.788. The minimum atomic E-state index is -0.111. The van der Waals surface area contributed by atoms with Gasteiger partial charge in [0.25, 0.3) is 5.91 Å². The van der Waals surface area contributed by atoms with Crippen LogP contribution in [0, 0.1) is 6.92 Å². The maximum absolute atomic E-state index is 12.3. The standard InChI is InChI=1S/C18H18N4O/c1-14-17(13-21-22(14)16-8-3-2-4-9-16)18(23)20-12-10-15-7-5-6-11-19-15/h2-9,11,13H,10,12H2,1H3,(H,20,23). The van der Waals surface area contributed by atoms with Crippen molar-refractivity contribution in [1.29, 1.82) is 0 Å². The molecule has 0 saturated heterocycles. The van der Waals surface area contributed by atoms with Crippen molar-refractivity contribution in [3.05, 3.63) is 77.9 Å². The van der Waals surface area contributed by atoms with Gasteiger partial charge >= 0.3 is 0 Å². The molecule has 116 valence electrons. The molecular weight excluding hydrogens is 288 g/mol. The molecule has 0 saturated carbocycles. The highest BCUT2D eigenvalue weighted by molar-refractivity contribution is 5.95. The first-order valence-corrected chi connectivity index (χ1v) is 7.54. The van der Waals surface area contributed by atoms with E-state index in [0.717, 1.165) is 17.1 Å². The van der Waals surface area contributed by atoms with E-state index in [4.69, 9.17) is 0 Å². The number of pyridine rings is 1. The second-order valence-corrected chi connectivity index (χ2v) is 5.22. The van der Waals surface area contributed by atoms with Crippen molar-refractivity contribution in [2.24, 2.45) is 0 Å². The first-order valence-electron chi connectivity index (χ1n) is 7.54. The fourth-order valence-electron chi connectivity index (χ4n) is 2.41. The molecule has 0 atom stereocenters. The molecule has 0 aliphatic carbocycles. The third-order valence-electron chi connectivity index (χ3n) is 3.65. The molecule has 0 fully saturated rings. The van der Waals surface area contributed by atoms with Gasteiger partial charge in [0.15, 0.2) is 0 Å². The number of aromatic nitrogens is 3. The first-order chi connectivity index (χ1) is 11.3. The highest BCUT2D eigenvalue weighted by Crippen LogP contribution is 2.13. The zero-order valence-corrected chi connectivity index (χ0v) is 12.9. The van der Waals surface area contributed by atoms with Crippen LogP contribution in [-0.2, 0) is 6.42 Å². The molecule has 5 nitrogen and oxygen atoms in total. The predicted molar refractivity (Wildman–Crippen MR) is 88.6 cm³/mol. The van der Waals surface area contributed by atoms with E-state index in [9.17, 15) is 4.79 Å². The number of nitrogens with one attached hydrogen (secondary N) is 1. The second kappa shape index (κ2) is 6.87. The van der Waals surface area contributed by atoms with Crippen molar-refractivity contribution in [3.8, 4) is 5.69 Å². The van der Waals surface area contributed by atoms with Gasteiger partial charge in [-0.2, -0.15) is 5.10 Å². The van der Waals surface area contributed by atoms with Gasteiger partial charge in [0.1, 0.15) is 0 Å². The van der Waals surface area contributed by atoms with Gasteiger partial charge in [-0.3, -0.25) is 9.78 Å². The lowest BCUT2D eigenvalue weighted by molar-refractivity contribution is 0.0953. The fraction of sp³-hybridized carbons (Fsp3) is 0.167. The Balaban J connectivity index is 1.65. The van der Waals surface area contributed by atoms with Crippen molar-refractivity contribution in [2.45, 2.75) is 13.3 Å². The summed E-state index contributed by atoms with van der Waals surface area (Å²) in [5.74, 6) is -0.111. The van der Waals surface area contributed by atoms with E-state index in [-0.39, 0.29) is 5.91 Å². The average Bonchev–Trinajstić information content (AvgIpc) is 2.98. The molecule has 2 heterocycles. The lowest BCUT2D eigenvalue weighted by Gasteiger charge is -2.06. The molecule has 0 spiro atoms. The molecule has 0 aliphatic heterocycles. The highest BCUT2D eigenvalue weighted by atomic mass is 16.1. The largest absolute Gasteiger partial charge is 0.352 e. The summed E-state index contributed by atoms with van der Waals surface area (Å²) in [6, 6.07) is 15.5. The number of benzene rings is 1. The smallest absolute Gasteiger partial charge is 0.254 e. The Bertz CT molecular complexity index is 781. The lowest BCUT2D eigenvalue weighted by Crippen LogP contribution is -2.26. The van der Waals surface area contributed by atoms with Gasteiger partial charge in [0.2, 0.25) is 0 Å². The highest BCUT2D eigenvalue weighted by Gasteiger charge is 2.14. The van der Waals surface area contributed by atoms with Crippen LogP contribution >= 0.6 is 0 Å². The average molecular weight is 306 g/mol. The van der Waals surface area contributed by atoms with E-state index in [1.807, 2.05) is 55.5 Å². The minimum absolute atomic E-state index is 0.111. The molecule has 3 rings (SSSR count). The predicted octanol–water partition coefficient (Wildman–Crippen LogP) is 2.55. The number of amides is 1. The van der Waals surface area contributed by atoms with E-state index in [1.54, 1.807) is 17.1 Å². The van der Waals surface area contributed by atoms with Crippen molar-refractivity contribution in [2.75, 3.05) is 6.54 Å². The van der Waals surface area contributed by atoms with E-state index >= 15 is 0 Å². The summed E-state index contributed by atoms with van der Waals surface area (Å²) in [5.41, 5.74) is 3.32. The van der Waals surface area contributed by atoms with Crippen LogP contribution in [0.2, 0.25) is 0 Å². The van der Waals surface area contributed by atoms with Crippen LogP contribution < -0.4 is 5.32 Å². The van der Waals surface area contributed by atoms with E-state index < -0.39 is 0 Å². The zero-order chi connectivity index (χ0) is 16.1. The molecule has 0 radical (unpaired) electrons. The Labute approximate surface area is 135 Å². The van der Waals surface area contributed by atoms with Crippen LogP contribution in [0.3, 0.4) is 0 Å². The van der Waals surface area contributed by atoms with Gasteiger partial charge < -0.3 is 5.32 Å². The molecule has 5 heteroatoms. The van der Waals surface area contributed by atoms with E-state index in [2.05, 4.69) is 15.4 Å². The third-order valence-corrected chi connectivity index (χ3v) is 3.65. The maximum Gasteiger partial charge on any atom is 0.254 e. The molecule has 1 N–H and O–H groups in total. The molecule has 2 aromatic heterocycles. The topological polar surface area (TPSA) is 59.8 Å². The minimum Gasteiger partial charge on any atom is -0.352 e. The van der Waals surface area contributed by atoms with Crippen LogP contribution in [0.5, 0.6) is 0 Å². The first kappa shape index (κ1) is 15.0. The van der Waals surface area contributed by atoms with Crippen molar-refractivity contribution < 1.29 is 4.79 Å². The third kappa shape index (κ3) is 3.45. The van der Waals surface area contributed by atoms with Crippen LogP contribution in [0.4, 0.5) is 0 Å². The number of para-hydroxylation sites is 1. The van der Waals surface area contributed by atoms with E-state index in [0.29, 0.717) is 18.5 Å². The molecule has 23 heavy (non-hydrogen) atoms. The summed E-state index contributed by atoms with van der Waals surface area (Å²) in [7, 11) is 0. The van der Waals surface area contributed by atoms with Crippen LogP contribution in [-0.4, -0.2) is 27.2 Å². The molecule has 0 unspecified atom stereocenters. The molecule has 0 bridgehead atoms. The number of carbonyl (C=O) groups excluding carboxylic acids is 1. The summed E-state index contributed by atoms with van der Waals surface area (Å²) in [6.07, 6.45) is 4.07. The number of nitrogens with zero attached hydrogens (tertiary/aromatic N) is 3. The van der Waals surface area contributed by atoms with Crippen molar-refractivity contribution >= 4 is 5.91 Å². The Kier molecular flexibility index (Phi) is 4.47. The van der Waals surface area contributed by atoms with Gasteiger partial charge in [0, 0.05) is 24.9 Å². The summed E-state index contributed by atoms with van der Waals surface area (Å²) in [6.45, 7) is 2.44. The molecule has 1 aromatic carbocycles.